The number of methoxy groups -OCH3 is 2. The summed E-state index contributed by atoms with van der Waals surface area (Å²) in [6, 6.07) is 4.14. The van der Waals surface area contributed by atoms with Crippen LogP contribution in [0, 0.1) is 0 Å². The molecule has 1 unspecified atom stereocenters. The average molecular weight is 1010 g/mol. The van der Waals surface area contributed by atoms with Gasteiger partial charge >= 0.3 is 0 Å². The normalized spacial score (nSPS) is 29.1. The van der Waals surface area contributed by atoms with Gasteiger partial charge in [-0.1, -0.05) is 12.1 Å². The van der Waals surface area contributed by atoms with Crippen molar-refractivity contribution in [2.24, 2.45) is 0 Å². The second-order valence-electron chi connectivity index (χ2n) is 18.0. The zero-order valence-corrected chi connectivity index (χ0v) is 40.1. The molecule has 2 aliphatic carbocycles. The Morgan fingerprint density at radius 3 is 2.23 bits per heavy atom. The maximum Gasteiger partial charge on any atom is 0.253 e. The van der Waals surface area contributed by atoms with Gasteiger partial charge in [0.05, 0.1) is 106 Å². The number of amides is 4. The van der Waals surface area contributed by atoms with E-state index in [1.807, 2.05) is 6.92 Å². The van der Waals surface area contributed by atoms with Gasteiger partial charge in [-0.25, -0.2) is 0 Å². The maximum absolute atomic E-state index is 14.3. The molecule has 7 aliphatic rings. The Hall–Kier alpha value is -5.18. The van der Waals surface area contributed by atoms with E-state index in [1.54, 1.807) is 0 Å². The summed E-state index contributed by atoms with van der Waals surface area (Å²) in [6.07, 6.45) is -3.20. The third-order valence-corrected chi connectivity index (χ3v) is 15.1. The van der Waals surface area contributed by atoms with E-state index >= 15 is 0 Å². The minimum Gasteiger partial charge on any atom is -0.507 e. The first-order valence-corrected chi connectivity index (χ1v) is 24.4. The number of likely N-dealkylation sites (tertiary alicyclic amines) is 1. The number of carbonyl (C=O) groups excluding carboxylic acids is 7. The van der Waals surface area contributed by atoms with Crippen molar-refractivity contribution in [3.8, 4) is 17.2 Å². The van der Waals surface area contributed by atoms with E-state index < -0.39 is 118 Å². The molecule has 23 heteroatoms. The third kappa shape index (κ3) is 9.65. The highest BCUT2D eigenvalue weighted by atomic mass is 32.2. The number of morpholine rings is 1. The summed E-state index contributed by atoms with van der Waals surface area (Å²) < 4.78 is 52.4. The molecule has 382 valence electrons. The standard InChI is InChI=1S/C48H55N3O19S/c1-24-44-27(49-11-14-67-47(63-3)46(49)70-44)19-35(68-24)69-29-22-48(61,21-26-37(29)43(59)39-38(41(26)57)40(56)25-5-4-6-28(62-2)36(25)42(39)58)31(52)23-71-30-20-34(55)51(45(30)60)10-13-65-16-18-66-17-15-64-12-9-50-32(53)7-8-33(50)54/h4-8,24,27,29-30,35,44,46-47,57,59,61H,9-23H2,1-3H3/t24-,27-,29-,30?,35-,44+,46+,47-,48-/m0/s1. The van der Waals surface area contributed by atoms with Crippen molar-refractivity contribution in [1.29, 1.82) is 0 Å². The summed E-state index contributed by atoms with van der Waals surface area (Å²) in [7, 11) is 2.85. The van der Waals surface area contributed by atoms with Crippen molar-refractivity contribution in [3.63, 3.8) is 0 Å². The lowest BCUT2D eigenvalue weighted by molar-refractivity contribution is -0.256. The number of benzene rings is 2. The molecule has 9 atom stereocenters. The number of rotatable bonds is 20. The van der Waals surface area contributed by atoms with Gasteiger partial charge in [-0.3, -0.25) is 48.3 Å². The van der Waals surface area contributed by atoms with E-state index in [9.17, 15) is 48.9 Å². The maximum atomic E-state index is 14.3. The van der Waals surface area contributed by atoms with E-state index in [0.717, 1.165) is 21.6 Å². The van der Waals surface area contributed by atoms with E-state index in [2.05, 4.69) is 4.90 Å². The van der Waals surface area contributed by atoms with Crippen LogP contribution >= 0.6 is 11.8 Å². The monoisotopic (exact) mass is 1010 g/mol. The molecular weight excluding hydrogens is 955 g/mol. The number of aromatic hydroxyl groups is 2. The van der Waals surface area contributed by atoms with Crippen LogP contribution in [0.4, 0.5) is 0 Å². The predicted molar refractivity (Wildman–Crippen MR) is 242 cm³/mol. The molecule has 4 saturated heterocycles. The summed E-state index contributed by atoms with van der Waals surface area (Å²) in [5.41, 5.74) is -3.78. The molecule has 5 aliphatic heterocycles. The van der Waals surface area contributed by atoms with Gasteiger partial charge in [0.25, 0.3) is 11.8 Å². The molecule has 0 bridgehead atoms. The van der Waals surface area contributed by atoms with Crippen molar-refractivity contribution in [1.82, 2.24) is 14.7 Å². The molecule has 22 nitrogen and oxygen atoms in total. The van der Waals surface area contributed by atoms with Crippen molar-refractivity contribution in [2.75, 3.05) is 85.9 Å². The van der Waals surface area contributed by atoms with Gasteiger partial charge in [-0.2, -0.15) is 0 Å². The molecule has 5 heterocycles. The van der Waals surface area contributed by atoms with Crippen LogP contribution in [-0.2, 0) is 68.3 Å². The first kappa shape index (κ1) is 50.7. The van der Waals surface area contributed by atoms with Crippen LogP contribution in [0.25, 0.3) is 0 Å². The summed E-state index contributed by atoms with van der Waals surface area (Å²) in [4.78, 5) is 96.6. The fourth-order valence-electron chi connectivity index (χ4n) is 10.4. The molecule has 2 aromatic carbocycles. The smallest absolute Gasteiger partial charge is 0.253 e. The highest BCUT2D eigenvalue weighted by Gasteiger charge is 2.55. The van der Waals surface area contributed by atoms with Crippen LogP contribution in [0.5, 0.6) is 17.2 Å². The van der Waals surface area contributed by atoms with Crippen LogP contribution in [0.1, 0.15) is 75.3 Å². The molecule has 0 aromatic heterocycles. The van der Waals surface area contributed by atoms with Gasteiger partial charge in [-0.05, 0) is 13.0 Å². The first-order chi connectivity index (χ1) is 34.1. The number of hydrogen-bond acceptors (Lipinski definition) is 21. The quantitative estimate of drug-likeness (QED) is 0.0792. The van der Waals surface area contributed by atoms with E-state index in [0.29, 0.717) is 13.2 Å². The Bertz CT molecular complexity index is 2500. The number of thioether (sulfide) groups is 1. The topological polar surface area (TPSA) is 273 Å². The number of ether oxygens (including phenoxy) is 9. The summed E-state index contributed by atoms with van der Waals surface area (Å²) in [5, 5.41) is 35.6. The number of ketones is 3. The minimum atomic E-state index is -2.31. The predicted octanol–water partition coefficient (Wildman–Crippen LogP) is 0.555. The molecular formula is C48H55N3O19S. The molecule has 4 amide bonds. The fraction of sp³-hybridized carbons (Fsp3) is 0.562. The second kappa shape index (κ2) is 21.1. The number of nitrogens with zero attached hydrogens (tertiary/aromatic N) is 3. The van der Waals surface area contributed by atoms with E-state index in [1.165, 1.54) is 44.6 Å². The van der Waals surface area contributed by atoms with Crippen LogP contribution in [-0.4, -0.2) is 205 Å². The molecule has 0 radical (unpaired) electrons. The van der Waals surface area contributed by atoms with Gasteiger partial charge in [0.1, 0.15) is 29.0 Å². The summed E-state index contributed by atoms with van der Waals surface area (Å²) >= 11 is 0.872. The Balaban J connectivity index is 0.854. The van der Waals surface area contributed by atoms with Gasteiger partial charge in [-0.15, -0.1) is 11.8 Å². The van der Waals surface area contributed by atoms with Crippen LogP contribution in [0.2, 0.25) is 0 Å². The Kier molecular flexibility index (Phi) is 15.1. The molecule has 71 heavy (non-hydrogen) atoms. The molecule has 0 spiro atoms. The van der Waals surface area contributed by atoms with Crippen LogP contribution < -0.4 is 4.74 Å². The van der Waals surface area contributed by atoms with Gasteiger partial charge < -0.3 is 58.0 Å². The third-order valence-electron chi connectivity index (χ3n) is 13.9. The number of phenolic OH excluding ortho intramolecular Hbond substituents is 2. The minimum absolute atomic E-state index is 0.0199. The SMILES string of the molecule is COc1cccc2c1C(=O)c1c(O)c3c(c(O)c1C2=O)C[C@@](O)(C(=O)CSC1CC(=O)N(CCOCCOCCOCCN2C(=O)C=CC2=O)C1=O)C[C@@H]3O[C@H]1C[C@H]2[C@H](O[C@@H]3[C@@H](OC)OCCN32)[C@H](C)O1. The number of fused-ring (bicyclic) bond motifs is 6. The number of carbonyl (C=O) groups is 7. The van der Waals surface area contributed by atoms with Crippen LogP contribution in [0.15, 0.2) is 30.4 Å². The van der Waals surface area contributed by atoms with Crippen molar-refractivity contribution in [3.05, 3.63) is 63.7 Å². The molecule has 9 rings (SSSR count). The lowest BCUT2D eigenvalue weighted by atomic mass is 9.72. The Labute approximate surface area is 411 Å². The largest absolute Gasteiger partial charge is 0.507 e. The lowest BCUT2D eigenvalue weighted by Crippen LogP contribution is -2.55. The molecule has 3 N–H and O–H groups in total. The number of imide groups is 2. The summed E-state index contributed by atoms with van der Waals surface area (Å²) in [5.74, 6) is -5.88. The Morgan fingerprint density at radius 1 is 0.859 bits per heavy atom. The molecule has 2 aromatic rings. The second-order valence-corrected chi connectivity index (χ2v) is 19.2. The highest BCUT2D eigenvalue weighted by Crippen LogP contribution is 2.53. The van der Waals surface area contributed by atoms with Gasteiger partial charge in [0.15, 0.2) is 30.4 Å². The lowest BCUT2D eigenvalue weighted by Gasteiger charge is -2.43. The number of aliphatic hydroxyl groups is 1. The van der Waals surface area contributed by atoms with Crippen molar-refractivity contribution >= 4 is 52.7 Å². The van der Waals surface area contributed by atoms with Crippen molar-refractivity contribution in [2.45, 2.75) is 86.6 Å². The average Bonchev–Trinajstić information content (AvgIpc) is 3.99. The summed E-state index contributed by atoms with van der Waals surface area (Å²) in [6.45, 7) is 3.78. The molecule has 4 fully saturated rings. The molecule has 0 saturated carbocycles. The first-order valence-electron chi connectivity index (χ1n) is 23.4. The van der Waals surface area contributed by atoms with Gasteiger partial charge in [0, 0.05) is 74.2 Å². The van der Waals surface area contributed by atoms with Gasteiger partial charge in [0.2, 0.25) is 17.6 Å². The zero-order valence-electron chi connectivity index (χ0n) is 39.2. The van der Waals surface area contributed by atoms with E-state index in [-0.39, 0.29) is 111 Å². The van der Waals surface area contributed by atoms with Crippen LogP contribution in [0.3, 0.4) is 0 Å². The highest BCUT2D eigenvalue weighted by molar-refractivity contribution is 8.01. The number of hydrogen-bond donors (Lipinski definition) is 3. The fourth-order valence-corrected chi connectivity index (χ4v) is 11.5. The number of phenols is 2. The number of Topliss-reactive ketones (excluding diaryl/α,β-unsaturated/α-hetero) is 1. The van der Waals surface area contributed by atoms with Crippen molar-refractivity contribution < 1.29 is 91.5 Å². The Morgan fingerprint density at radius 2 is 1.54 bits per heavy atom. The van der Waals surface area contributed by atoms with E-state index in [4.69, 9.17) is 42.6 Å². The zero-order chi connectivity index (χ0) is 50.3.